The molecule has 1 heterocycles. The van der Waals surface area contributed by atoms with E-state index in [2.05, 4.69) is 15.1 Å². The molecule has 0 unspecified atom stereocenters. The van der Waals surface area contributed by atoms with Crippen molar-refractivity contribution in [2.24, 2.45) is 0 Å². The van der Waals surface area contributed by atoms with Crippen molar-refractivity contribution in [1.82, 2.24) is 16.0 Å². The minimum atomic E-state index is -1.19. The Hall–Kier alpha value is -3.60. The third-order valence-electron chi connectivity index (χ3n) is 4.24. The topological polar surface area (TPSA) is 136 Å². The second kappa shape index (κ2) is 9.69. The summed E-state index contributed by atoms with van der Waals surface area (Å²) >= 11 is 12.0. The molecule has 3 N–H and O–H groups in total. The smallest absolute Gasteiger partial charge is 0.378 e. The minimum absolute atomic E-state index is 0.0425. The van der Waals surface area contributed by atoms with Crippen LogP contribution in [0.25, 0.3) is 10.9 Å². The van der Waals surface area contributed by atoms with Gasteiger partial charge in [0.15, 0.2) is 5.69 Å². The van der Waals surface area contributed by atoms with Gasteiger partial charge in [-0.05, 0) is 30.3 Å². The van der Waals surface area contributed by atoms with Crippen molar-refractivity contribution in [3.05, 3.63) is 63.3 Å². The zero-order valence-electron chi connectivity index (χ0n) is 16.6. The first-order chi connectivity index (χ1) is 15.3. The van der Waals surface area contributed by atoms with Gasteiger partial charge in [-0.3, -0.25) is 10.2 Å². The van der Waals surface area contributed by atoms with E-state index >= 15 is 0 Å². The van der Waals surface area contributed by atoms with Crippen molar-refractivity contribution < 1.29 is 33.8 Å². The van der Waals surface area contributed by atoms with Crippen LogP contribution in [-0.4, -0.2) is 42.2 Å². The Morgan fingerprint density at radius 3 is 2.50 bits per heavy atom. The van der Waals surface area contributed by atoms with Crippen molar-refractivity contribution in [3.63, 3.8) is 0 Å². The van der Waals surface area contributed by atoms with Crippen LogP contribution in [0.4, 0.5) is 0 Å². The number of benzene rings is 2. The zero-order valence-corrected chi connectivity index (χ0v) is 18.1. The van der Waals surface area contributed by atoms with Gasteiger partial charge in [0.1, 0.15) is 17.1 Å². The van der Waals surface area contributed by atoms with Crippen molar-refractivity contribution in [1.29, 1.82) is 0 Å². The van der Waals surface area contributed by atoms with E-state index in [0.29, 0.717) is 0 Å². The SMILES string of the molecule is COC(=O)c1c(C(=O)ONNC(=O)c2cccc(OC)c2Cl)nc2cc(Cl)ccc2c1O. The van der Waals surface area contributed by atoms with Crippen molar-refractivity contribution in [2.45, 2.75) is 0 Å². The number of methoxy groups -OCH3 is 2. The molecule has 0 spiro atoms. The molecule has 0 atom stereocenters. The average molecular weight is 480 g/mol. The van der Waals surface area contributed by atoms with Crippen LogP contribution in [0.3, 0.4) is 0 Å². The van der Waals surface area contributed by atoms with Crippen LogP contribution in [0.15, 0.2) is 36.4 Å². The molecule has 1 aromatic heterocycles. The molecule has 32 heavy (non-hydrogen) atoms. The molecule has 2 aromatic carbocycles. The number of hydrazine groups is 1. The number of nitrogens with one attached hydrogen (secondary N) is 2. The van der Waals surface area contributed by atoms with Crippen LogP contribution in [0.5, 0.6) is 11.5 Å². The molecule has 0 aliphatic carbocycles. The van der Waals surface area contributed by atoms with Gasteiger partial charge < -0.3 is 19.4 Å². The normalized spacial score (nSPS) is 10.5. The van der Waals surface area contributed by atoms with Crippen LogP contribution in [0, 0.1) is 0 Å². The van der Waals surface area contributed by atoms with E-state index in [1.165, 1.54) is 31.4 Å². The Kier molecular flexibility index (Phi) is 6.98. The van der Waals surface area contributed by atoms with Crippen LogP contribution < -0.4 is 15.8 Å². The number of carbonyl (C=O) groups excluding carboxylic acids is 3. The first-order valence-electron chi connectivity index (χ1n) is 8.78. The van der Waals surface area contributed by atoms with Crippen LogP contribution in [-0.2, 0) is 9.57 Å². The lowest BCUT2D eigenvalue weighted by Crippen LogP contribution is -2.39. The van der Waals surface area contributed by atoms with Gasteiger partial charge in [0.05, 0.1) is 30.3 Å². The lowest BCUT2D eigenvalue weighted by Gasteiger charge is -2.13. The molecule has 0 fully saturated rings. The number of hydrogen-bond donors (Lipinski definition) is 3. The number of esters is 1. The lowest BCUT2D eigenvalue weighted by molar-refractivity contribution is 0.0126. The van der Waals surface area contributed by atoms with Gasteiger partial charge in [0.2, 0.25) is 0 Å². The molecule has 3 aromatic rings. The molecule has 10 nitrogen and oxygen atoms in total. The van der Waals surface area contributed by atoms with Gasteiger partial charge in [0.25, 0.3) is 5.91 Å². The molecule has 0 saturated heterocycles. The van der Waals surface area contributed by atoms with Gasteiger partial charge in [-0.25, -0.2) is 14.6 Å². The summed E-state index contributed by atoms with van der Waals surface area (Å²) in [5.41, 5.74) is 3.16. The van der Waals surface area contributed by atoms with E-state index in [4.69, 9.17) is 32.8 Å². The highest BCUT2D eigenvalue weighted by Crippen LogP contribution is 2.32. The molecule has 0 aliphatic rings. The first kappa shape index (κ1) is 23.1. The monoisotopic (exact) mass is 479 g/mol. The molecule has 3 rings (SSSR count). The second-order valence-corrected chi connectivity index (χ2v) is 6.92. The zero-order chi connectivity index (χ0) is 23.4. The fourth-order valence-corrected chi connectivity index (χ4v) is 3.20. The fourth-order valence-electron chi connectivity index (χ4n) is 2.74. The largest absolute Gasteiger partial charge is 0.506 e. The number of ether oxygens (including phenoxy) is 2. The highest BCUT2D eigenvalue weighted by atomic mass is 35.5. The van der Waals surface area contributed by atoms with Crippen molar-refractivity contribution in [3.8, 4) is 11.5 Å². The third kappa shape index (κ3) is 4.52. The van der Waals surface area contributed by atoms with E-state index in [1.54, 1.807) is 12.1 Å². The lowest BCUT2D eigenvalue weighted by atomic mass is 10.1. The van der Waals surface area contributed by atoms with Gasteiger partial charge >= 0.3 is 11.9 Å². The van der Waals surface area contributed by atoms with E-state index in [0.717, 1.165) is 7.11 Å². The Bertz CT molecular complexity index is 1230. The van der Waals surface area contributed by atoms with Crippen molar-refractivity contribution in [2.75, 3.05) is 14.2 Å². The maximum absolute atomic E-state index is 12.6. The van der Waals surface area contributed by atoms with E-state index in [-0.39, 0.29) is 32.3 Å². The maximum atomic E-state index is 12.6. The molecule has 1 amide bonds. The predicted octanol–water partition coefficient (Wildman–Crippen LogP) is 3.05. The van der Waals surface area contributed by atoms with E-state index < -0.39 is 34.9 Å². The highest BCUT2D eigenvalue weighted by molar-refractivity contribution is 6.35. The summed E-state index contributed by atoms with van der Waals surface area (Å²) in [7, 11) is 2.46. The van der Waals surface area contributed by atoms with Crippen LogP contribution in [0.2, 0.25) is 10.0 Å². The summed E-state index contributed by atoms with van der Waals surface area (Å²) in [6, 6.07) is 8.81. The first-order valence-corrected chi connectivity index (χ1v) is 9.53. The minimum Gasteiger partial charge on any atom is -0.506 e. The molecule has 12 heteroatoms. The number of rotatable bonds is 6. The summed E-state index contributed by atoms with van der Waals surface area (Å²) < 4.78 is 9.66. The van der Waals surface area contributed by atoms with Gasteiger partial charge in [-0.15, -0.1) is 0 Å². The average Bonchev–Trinajstić information content (AvgIpc) is 2.78. The molecule has 0 saturated carbocycles. The maximum Gasteiger partial charge on any atom is 0.378 e. The number of pyridine rings is 1. The number of halogens is 2. The summed E-state index contributed by atoms with van der Waals surface area (Å²) in [5.74, 6) is -3.23. The fraction of sp³-hybridized carbons (Fsp3) is 0.100. The Morgan fingerprint density at radius 1 is 1.06 bits per heavy atom. The number of hydrogen-bond acceptors (Lipinski definition) is 9. The number of aromatic hydroxyl groups is 1. The third-order valence-corrected chi connectivity index (χ3v) is 4.86. The van der Waals surface area contributed by atoms with Gasteiger partial charge in [0, 0.05) is 10.4 Å². The van der Waals surface area contributed by atoms with Gasteiger partial charge in [-0.2, -0.15) is 0 Å². The molecular formula is C20H15Cl2N3O7. The van der Waals surface area contributed by atoms with E-state index in [9.17, 15) is 19.5 Å². The molecule has 0 radical (unpaired) electrons. The van der Waals surface area contributed by atoms with Gasteiger partial charge in [-0.1, -0.05) is 34.9 Å². The number of nitrogens with zero attached hydrogens (tertiary/aromatic N) is 1. The highest BCUT2D eigenvalue weighted by Gasteiger charge is 2.28. The number of carbonyl (C=O) groups is 3. The molecule has 166 valence electrons. The molecule has 0 bridgehead atoms. The van der Waals surface area contributed by atoms with Crippen LogP contribution in [0.1, 0.15) is 31.2 Å². The quantitative estimate of drug-likeness (QED) is 0.359. The second-order valence-electron chi connectivity index (χ2n) is 6.10. The number of amides is 1. The number of aromatic nitrogens is 1. The Balaban J connectivity index is 1.84. The predicted molar refractivity (Wildman–Crippen MR) is 114 cm³/mol. The standard InChI is InChI=1S/C20H15Cl2N3O7/c1-30-13-5-3-4-11(15(13)22)18(27)24-25-32-20(29)16-14(19(28)31-2)17(26)10-7-6-9(21)8-12(10)23-16/h3-8,25H,1-2H3,(H,23,26)(H,24,27). The van der Waals surface area contributed by atoms with E-state index in [1.807, 2.05) is 5.59 Å². The molecular weight excluding hydrogens is 465 g/mol. The Morgan fingerprint density at radius 2 is 1.81 bits per heavy atom. The van der Waals surface area contributed by atoms with Crippen molar-refractivity contribution >= 4 is 52.0 Å². The summed E-state index contributed by atoms with van der Waals surface area (Å²) in [6.45, 7) is 0. The Labute approximate surface area is 190 Å². The molecule has 0 aliphatic heterocycles. The summed E-state index contributed by atoms with van der Waals surface area (Å²) in [4.78, 5) is 45.8. The summed E-state index contributed by atoms with van der Waals surface area (Å²) in [5, 5.41) is 11.0. The number of fused-ring (bicyclic) bond motifs is 1. The van der Waals surface area contributed by atoms with Crippen LogP contribution >= 0.6 is 23.2 Å². The summed E-state index contributed by atoms with van der Waals surface area (Å²) in [6.07, 6.45) is 0.